The van der Waals surface area contributed by atoms with Gasteiger partial charge in [0.2, 0.25) is 0 Å². The fourth-order valence-corrected chi connectivity index (χ4v) is 4.53. The number of carbonyl (C=O) groups is 1. The molecular formula is C22H31N3O2S. The maximum atomic E-state index is 12.5. The van der Waals surface area contributed by atoms with Gasteiger partial charge in [0.15, 0.2) is 0 Å². The lowest BCUT2D eigenvalue weighted by molar-refractivity contribution is 0.0952. The van der Waals surface area contributed by atoms with Crippen molar-refractivity contribution in [2.24, 2.45) is 0 Å². The Balaban J connectivity index is 1.47. The minimum Gasteiger partial charge on any atom is -0.497 e. The first-order chi connectivity index (χ1) is 13.6. The minimum atomic E-state index is 0.0312. The lowest BCUT2D eigenvalue weighted by atomic mass is 10.1. The molecule has 0 unspecified atom stereocenters. The summed E-state index contributed by atoms with van der Waals surface area (Å²) in [6, 6.07) is 9.97. The van der Waals surface area contributed by atoms with E-state index in [1.165, 1.54) is 0 Å². The zero-order valence-corrected chi connectivity index (χ0v) is 18.0. The first-order valence-electron chi connectivity index (χ1n) is 10.1. The standard InChI is InChI=1S/C22H31N3O2S/c1-4-24-12-14-25(15-13-24)11-5-10-23-22(26)21-16-20(17(2)28-21)18-6-8-19(27-3)9-7-18/h6-9,16H,4-5,10-15H2,1-3H3,(H,23,26). The molecule has 1 N–H and O–H groups in total. The molecule has 2 aromatic rings. The molecule has 0 bridgehead atoms. The van der Waals surface area contributed by atoms with Crippen molar-refractivity contribution >= 4 is 17.2 Å². The summed E-state index contributed by atoms with van der Waals surface area (Å²) in [5.41, 5.74) is 2.23. The van der Waals surface area contributed by atoms with Crippen LogP contribution in [-0.2, 0) is 0 Å². The molecule has 2 heterocycles. The normalized spacial score (nSPS) is 15.5. The summed E-state index contributed by atoms with van der Waals surface area (Å²) in [5.74, 6) is 0.870. The number of thiophene rings is 1. The van der Waals surface area contributed by atoms with E-state index in [2.05, 4.69) is 29.0 Å². The van der Waals surface area contributed by atoms with E-state index in [4.69, 9.17) is 4.74 Å². The summed E-state index contributed by atoms with van der Waals surface area (Å²) >= 11 is 1.56. The fraction of sp³-hybridized carbons (Fsp3) is 0.500. The number of nitrogens with one attached hydrogen (secondary N) is 1. The zero-order chi connectivity index (χ0) is 19.9. The zero-order valence-electron chi connectivity index (χ0n) is 17.2. The summed E-state index contributed by atoms with van der Waals surface area (Å²) in [5, 5.41) is 3.08. The van der Waals surface area contributed by atoms with E-state index < -0.39 is 0 Å². The second kappa shape index (κ2) is 10.0. The largest absolute Gasteiger partial charge is 0.497 e. The highest BCUT2D eigenvalue weighted by atomic mass is 32.1. The van der Waals surface area contributed by atoms with E-state index in [1.54, 1.807) is 18.4 Å². The maximum absolute atomic E-state index is 12.5. The van der Waals surface area contributed by atoms with Gasteiger partial charge in [0, 0.05) is 37.6 Å². The third-order valence-electron chi connectivity index (χ3n) is 5.39. The molecule has 28 heavy (non-hydrogen) atoms. The van der Waals surface area contributed by atoms with Crippen LogP contribution >= 0.6 is 11.3 Å². The van der Waals surface area contributed by atoms with Crippen LogP contribution in [0, 0.1) is 6.92 Å². The molecule has 0 radical (unpaired) electrons. The number of benzene rings is 1. The molecule has 1 aliphatic rings. The quantitative estimate of drug-likeness (QED) is 0.688. The highest BCUT2D eigenvalue weighted by molar-refractivity contribution is 7.14. The molecule has 1 fully saturated rings. The Bertz CT molecular complexity index is 765. The summed E-state index contributed by atoms with van der Waals surface area (Å²) < 4.78 is 5.22. The van der Waals surface area contributed by atoms with E-state index in [9.17, 15) is 4.79 Å². The van der Waals surface area contributed by atoms with E-state index in [1.807, 2.05) is 30.3 Å². The van der Waals surface area contributed by atoms with E-state index in [0.29, 0.717) is 0 Å². The van der Waals surface area contributed by atoms with Gasteiger partial charge in [0.25, 0.3) is 5.91 Å². The predicted octanol–water partition coefficient (Wildman–Crippen LogP) is 3.49. The Morgan fingerprint density at radius 2 is 1.82 bits per heavy atom. The van der Waals surface area contributed by atoms with Crippen molar-refractivity contribution in [2.45, 2.75) is 20.3 Å². The van der Waals surface area contributed by atoms with Gasteiger partial charge in [-0.1, -0.05) is 19.1 Å². The predicted molar refractivity (Wildman–Crippen MR) is 117 cm³/mol. The van der Waals surface area contributed by atoms with Crippen LogP contribution in [0.2, 0.25) is 0 Å². The molecule has 0 spiro atoms. The topological polar surface area (TPSA) is 44.8 Å². The molecule has 152 valence electrons. The molecule has 1 amide bonds. The SMILES string of the molecule is CCN1CCN(CCCNC(=O)c2cc(-c3ccc(OC)cc3)c(C)s2)CC1. The van der Waals surface area contributed by atoms with Crippen molar-refractivity contribution in [2.75, 3.05) is 52.9 Å². The van der Waals surface area contributed by atoms with Gasteiger partial charge in [-0.25, -0.2) is 0 Å². The molecule has 1 aromatic heterocycles. The lowest BCUT2D eigenvalue weighted by Crippen LogP contribution is -2.46. The Morgan fingerprint density at radius 3 is 2.46 bits per heavy atom. The number of hydrogen-bond acceptors (Lipinski definition) is 5. The van der Waals surface area contributed by atoms with Crippen molar-refractivity contribution in [1.82, 2.24) is 15.1 Å². The van der Waals surface area contributed by atoms with E-state index in [-0.39, 0.29) is 5.91 Å². The molecule has 1 aliphatic heterocycles. The van der Waals surface area contributed by atoms with Crippen LogP contribution in [0.1, 0.15) is 27.9 Å². The summed E-state index contributed by atoms with van der Waals surface area (Å²) in [4.78, 5) is 19.4. The van der Waals surface area contributed by atoms with Crippen LogP contribution < -0.4 is 10.1 Å². The first kappa shape index (κ1) is 20.8. The number of methoxy groups -OCH3 is 1. The van der Waals surface area contributed by atoms with Crippen molar-refractivity contribution < 1.29 is 9.53 Å². The van der Waals surface area contributed by atoms with Crippen molar-refractivity contribution in [1.29, 1.82) is 0 Å². The maximum Gasteiger partial charge on any atom is 0.261 e. The second-order valence-corrected chi connectivity index (χ2v) is 8.45. The minimum absolute atomic E-state index is 0.0312. The van der Waals surface area contributed by atoms with Gasteiger partial charge in [-0.05, 0) is 55.8 Å². The van der Waals surface area contributed by atoms with Crippen molar-refractivity contribution in [3.8, 4) is 16.9 Å². The van der Waals surface area contributed by atoms with E-state index >= 15 is 0 Å². The molecule has 6 heteroatoms. The molecule has 0 aliphatic carbocycles. The highest BCUT2D eigenvalue weighted by Gasteiger charge is 2.16. The number of nitrogens with zero attached hydrogens (tertiary/aromatic N) is 2. The average Bonchev–Trinajstić information content (AvgIpc) is 3.13. The van der Waals surface area contributed by atoms with Crippen LogP contribution in [0.4, 0.5) is 0 Å². The molecule has 5 nitrogen and oxygen atoms in total. The van der Waals surface area contributed by atoms with Gasteiger partial charge in [0.1, 0.15) is 5.75 Å². The van der Waals surface area contributed by atoms with Crippen LogP contribution in [0.25, 0.3) is 11.1 Å². The molecule has 0 atom stereocenters. The smallest absolute Gasteiger partial charge is 0.261 e. The van der Waals surface area contributed by atoms with Gasteiger partial charge in [-0.15, -0.1) is 11.3 Å². The van der Waals surface area contributed by atoms with Crippen molar-refractivity contribution in [3.63, 3.8) is 0 Å². The number of aryl methyl sites for hydroxylation is 1. The first-order valence-corrected chi connectivity index (χ1v) is 10.9. The average molecular weight is 402 g/mol. The number of piperazine rings is 1. The molecular weight excluding hydrogens is 370 g/mol. The fourth-order valence-electron chi connectivity index (χ4n) is 3.57. The number of rotatable bonds is 8. The third kappa shape index (κ3) is 5.34. The Labute approximate surface area is 172 Å². The molecule has 0 saturated carbocycles. The van der Waals surface area contributed by atoms with Gasteiger partial charge < -0.3 is 19.9 Å². The molecule has 1 saturated heterocycles. The van der Waals surface area contributed by atoms with Crippen LogP contribution in [0.5, 0.6) is 5.75 Å². The number of likely N-dealkylation sites (N-methyl/N-ethyl adjacent to an activating group) is 1. The van der Waals surface area contributed by atoms with Gasteiger partial charge in [-0.3, -0.25) is 4.79 Å². The van der Waals surface area contributed by atoms with Gasteiger partial charge >= 0.3 is 0 Å². The number of amides is 1. The highest BCUT2D eigenvalue weighted by Crippen LogP contribution is 2.32. The monoisotopic (exact) mass is 401 g/mol. The Kier molecular flexibility index (Phi) is 7.48. The summed E-state index contributed by atoms with van der Waals surface area (Å²) in [7, 11) is 1.67. The number of hydrogen-bond donors (Lipinski definition) is 1. The Morgan fingerprint density at radius 1 is 1.14 bits per heavy atom. The number of ether oxygens (including phenoxy) is 1. The molecule has 3 rings (SSSR count). The van der Waals surface area contributed by atoms with Crippen LogP contribution in [0.15, 0.2) is 30.3 Å². The van der Waals surface area contributed by atoms with Crippen LogP contribution in [0.3, 0.4) is 0 Å². The van der Waals surface area contributed by atoms with Gasteiger partial charge in [0.05, 0.1) is 12.0 Å². The summed E-state index contributed by atoms with van der Waals surface area (Å²) in [6.07, 6.45) is 0.994. The third-order valence-corrected chi connectivity index (χ3v) is 6.44. The number of carbonyl (C=O) groups excluding carboxylic acids is 1. The Hall–Kier alpha value is -1.89. The van der Waals surface area contributed by atoms with E-state index in [0.717, 1.165) is 78.9 Å². The molecule has 1 aromatic carbocycles. The van der Waals surface area contributed by atoms with Crippen LogP contribution in [-0.4, -0.2) is 68.6 Å². The summed E-state index contributed by atoms with van der Waals surface area (Å²) in [6.45, 7) is 11.8. The second-order valence-electron chi connectivity index (χ2n) is 7.19. The van der Waals surface area contributed by atoms with Crippen molar-refractivity contribution in [3.05, 3.63) is 40.1 Å². The van der Waals surface area contributed by atoms with Gasteiger partial charge in [-0.2, -0.15) is 0 Å². The lowest BCUT2D eigenvalue weighted by Gasteiger charge is -2.33.